The molecule has 0 radical (unpaired) electrons. The third kappa shape index (κ3) is 3.88. The van der Waals surface area contributed by atoms with Gasteiger partial charge < -0.3 is 15.0 Å². The second-order valence-electron chi connectivity index (χ2n) is 5.76. The Bertz CT molecular complexity index is 682. The van der Waals surface area contributed by atoms with Crippen LogP contribution >= 0.6 is 0 Å². The summed E-state index contributed by atoms with van der Waals surface area (Å²) in [7, 11) is 0. The second kappa shape index (κ2) is 7.39. The number of aromatic nitrogens is 4. The number of hydrogen-bond acceptors (Lipinski definition) is 6. The zero-order valence-corrected chi connectivity index (χ0v) is 14.0. The van der Waals surface area contributed by atoms with Gasteiger partial charge in [-0.3, -0.25) is 9.48 Å². The number of morpholine rings is 1. The summed E-state index contributed by atoms with van der Waals surface area (Å²) in [6.45, 7) is 7.08. The van der Waals surface area contributed by atoms with Crippen LogP contribution < -0.4 is 10.2 Å². The lowest BCUT2D eigenvalue weighted by molar-refractivity contribution is -0.124. The van der Waals surface area contributed by atoms with Crippen LogP contribution in [0.4, 0.5) is 5.82 Å². The molecule has 0 saturated carbocycles. The molecule has 128 valence electrons. The summed E-state index contributed by atoms with van der Waals surface area (Å²) < 4.78 is 6.99. The molecule has 2 aromatic heterocycles. The zero-order valence-electron chi connectivity index (χ0n) is 14.0. The minimum absolute atomic E-state index is 0.114. The molecule has 1 N–H and O–H groups in total. The molecule has 0 bridgehead atoms. The first-order valence-electron chi connectivity index (χ1n) is 8.07. The molecular formula is C16H22N6O2. The third-order valence-electron chi connectivity index (χ3n) is 3.94. The summed E-state index contributed by atoms with van der Waals surface area (Å²) in [5, 5.41) is 6.96. The number of anilines is 1. The fourth-order valence-electron chi connectivity index (χ4n) is 2.59. The molecule has 1 aliphatic heterocycles. The average Bonchev–Trinajstić information content (AvgIpc) is 3.14. The van der Waals surface area contributed by atoms with E-state index in [0.717, 1.165) is 24.6 Å². The molecule has 1 atom stereocenters. The Morgan fingerprint density at radius 1 is 1.38 bits per heavy atom. The van der Waals surface area contributed by atoms with Gasteiger partial charge in [0.25, 0.3) is 0 Å². The number of amides is 1. The van der Waals surface area contributed by atoms with Gasteiger partial charge in [-0.05, 0) is 19.9 Å². The molecule has 8 nitrogen and oxygen atoms in total. The molecule has 0 aromatic carbocycles. The van der Waals surface area contributed by atoms with E-state index in [-0.39, 0.29) is 11.9 Å². The second-order valence-corrected chi connectivity index (χ2v) is 5.76. The van der Waals surface area contributed by atoms with Crippen molar-refractivity contribution >= 4 is 11.7 Å². The van der Waals surface area contributed by atoms with Crippen molar-refractivity contribution in [2.75, 3.05) is 31.2 Å². The van der Waals surface area contributed by atoms with Crippen molar-refractivity contribution in [2.24, 2.45) is 0 Å². The van der Waals surface area contributed by atoms with Crippen molar-refractivity contribution in [1.82, 2.24) is 25.1 Å². The van der Waals surface area contributed by atoms with Gasteiger partial charge in [0.1, 0.15) is 17.7 Å². The molecule has 2 aromatic rings. The van der Waals surface area contributed by atoms with Gasteiger partial charge in [0.05, 0.1) is 19.8 Å². The lowest BCUT2D eigenvalue weighted by Gasteiger charge is -2.28. The van der Waals surface area contributed by atoms with E-state index >= 15 is 0 Å². The van der Waals surface area contributed by atoms with Crippen LogP contribution in [0.1, 0.15) is 24.5 Å². The number of carbonyl (C=O) groups is 1. The van der Waals surface area contributed by atoms with E-state index in [1.807, 2.05) is 13.0 Å². The molecule has 1 fully saturated rings. The zero-order chi connectivity index (χ0) is 16.9. The lowest BCUT2D eigenvalue weighted by atomic mass is 10.3. The number of nitrogens with one attached hydrogen (secondary N) is 1. The minimum Gasteiger partial charge on any atom is -0.378 e. The van der Waals surface area contributed by atoms with Gasteiger partial charge in [-0.15, -0.1) is 0 Å². The maximum absolute atomic E-state index is 12.2. The number of carbonyl (C=O) groups excluding carboxylic acids is 1. The molecule has 0 aliphatic carbocycles. The molecule has 1 saturated heterocycles. The lowest BCUT2D eigenvalue weighted by Crippen LogP contribution is -2.37. The maximum atomic E-state index is 12.2. The molecule has 3 heterocycles. The van der Waals surface area contributed by atoms with Crippen LogP contribution in [-0.4, -0.2) is 52.0 Å². The summed E-state index contributed by atoms with van der Waals surface area (Å²) in [4.78, 5) is 23.4. The van der Waals surface area contributed by atoms with Gasteiger partial charge in [0, 0.05) is 37.2 Å². The number of nitrogens with zero attached hydrogens (tertiary/aromatic N) is 5. The van der Waals surface area contributed by atoms with E-state index in [4.69, 9.17) is 4.74 Å². The number of hydrogen-bond donors (Lipinski definition) is 1. The van der Waals surface area contributed by atoms with E-state index in [1.165, 1.54) is 0 Å². The topological polar surface area (TPSA) is 85.2 Å². The van der Waals surface area contributed by atoms with Crippen LogP contribution in [0.3, 0.4) is 0 Å². The van der Waals surface area contributed by atoms with E-state index in [1.54, 1.807) is 30.1 Å². The molecular weight excluding hydrogens is 308 g/mol. The normalized spacial score (nSPS) is 16.0. The van der Waals surface area contributed by atoms with E-state index in [2.05, 4.69) is 25.3 Å². The quantitative estimate of drug-likeness (QED) is 0.868. The van der Waals surface area contributed by atoms with Crippen LogP contribution in [-0.2, 0) is 16.1 Å². The highest BCUT2D eigenvalue weighted by Crippen LogP contribution is 2.14. The smallest absolute Gasteiger partial charge is 0.244 e. The highest BCUT2D eigenvalue weighted by molar-refractivity contribution is 5.79. The van der Waals surface area contributed by atoms with Gasteiger partial charge in [-0.25, -0.2) is 9.97 Å². The summed E-state index contributed by atoms with van der Waals surface area (Å²) in [6, 6.07) is 3.38. The van der Waals surface area contributed by atoms with Crippen molar-refractivity contribution in [3.8, 4) is 0 Å². The molecule has 8 heteroatoms. The minimum atomic E-state index is -0.372. The first kappa shape index (κ1) is 16.4. The van der Waals surface area contributed by atoms with Crippen molar-refractivity contribution in [3.63, 3.8) is 0 Å². The highest BCUT2D eigenvalue weighted by Gasteiger charge is 2.17. The van der Waals surface area contributed by atoms with Crippen molar-refractivity contribution in [2.45, 2.75) is 26.4 Å². The summed E-state index contributed by atoms with van der Waals surface area (Å²) in [5.41, 5.74) is 0.885. The van der Waals surface area contributed by atoms with Crippen molar-refractivity contribution < 1.29 is 9.53 Å². The highest BCUT2D eigenvalue weighted by atomic mass is 16.5. The Labute approximate surface area is 140 Å². The van der Waals surface area contributed by atoms with Gasteiger partial charge >= 0.3 is 0 Å². The fourth-order valence-corrected chi connectivity index (χ4v) is 2.59. The van der Waals surface area contributed by atoms with Crippen LogP contribution in [0.25, 0.3) is 0 Å². The van der Waals surface area contributed by atoms with Crippen molar-refractivity contribution in [3.05, 3.63) is 36.0 Å². The summed E-state index contributed by atoms with van der Waals surface area (Å²) >= 11 is 0. The number of rotatable bonds is 5. The summed E-state index contributed by atoms with van der Waals surface area (Å²) in [6.07, 6.45) is 3.42. The Kier molecular flexibility index (Phi) is 5.05. The fraction of sp³-hybridized carbons (Fsp3) is 0.500. The molecule has 3 rings (SSSR count). The Balaban J connectivity index is 1.64. The first-order valence-corrected chi connectivity index (χ1v) is 8.07. The van der Waals surface area contributed by atoms with Crippen molar-refractivity contribution in [1.29, 1.82) is 0 Å². The maximum Gasteiger partial charge on any atom is 0.244 e. The SMILES string of the molecule is Cc1cc(N2CCOCC2)nc(CNC(=O)C(C)n2cccn2)n1. The summed E-state index contributed by atoms with van der Waals surface area (Å²) in [5.74, 6) is 1.38. The monoisotopic (exact) mass is 330 g/mol. The Hall–Kier alpha value is -2.48. The standard InChI is InChI=1S/C16H22N6O2/c1-12-10-15(21-6-8-24-9-7-21)20-14(19-12)11-17-16(23)13(2)22-5-3-4-18-22/h3-5,10,13H,6-9,11H2,1-2H3,(H,17,23). The van der Waals surface area contributed by atoms with Crippen LogP contribution in [0.5, 0.6) is 0 Å². The predicted octanol–water partition coefficient (Wildman–Crippen LogP) is 0.696. The van der Waals surface area contributed by atoms with Crippen LogP contribution in [0.2, 0.25) is 0 Å². The average molecular weight is 330 g/mol. The predicted molar refractivity (Wildman–Crippen MR) is 88.6 cm³/mol. The Morgan fingerprint density at radius 2 is 2.17 bits per heavy atom. The van der Waals surface area contributed by atoms with E-state index in [9.17, 15) is 4.79 Å². The van der Waals surface area contributed by atoms with Gasteiger partial charge in [-0.1, -0.05) is 0 Å². The molecule has 1 aliphatic rings. The van der Waals surface area contributed by atoms with E-state index < -0.39 is 0 Å². The van der Waals surface area contributed by atoms with Crippen LogP contribution in [0, 0.1) is 6.92 Å². The largest absolute Gasteiger partial charge is 0.378 e. The Morgan fingerprint density at radius 3 is 2.88 bits per heavy atom. The van der Waals surface area contributed by atoms with E-state index in [0.29, 0.717) is 25.6 Å². The third-order valence-corrected chi connectivity index (χ3v) is 3.94. The molecule has 1 amide bonds. The van der Waals surface area contributed by atoms with Crippen LogP contribution in [0.15, 0.2) is 24.5 Å². The van der Waals surface area contributed by atoms with Gasteiger partial charge in [0.2, 0.25) is 5.91 Å². The molecule has 24 heavy (non-hydrogen) atoms. The van der Waals surface area contributed by atoms with Gasteiger partial charge in [-0.2, -0.15) is 5.10 Å². The molecule has 0 spiro atoms. The first-order chi connectivity index (χ1) is 11.6. The number of aryl methyl sites for hydroxylation is 1. The number of ether oxygens (including phenoxy) is 1. The molecule has 1 unspecified atom stereocenters. The van der Waals surface area contributed by atoms with Gasteiger partial charge in [0.15, 0.2) is 0 Å².